The number of halogens is 1. The number of hydrogen-bond acceptors (Lipinski definition) is 3. The predicted octanol–water partition coefficient (Wildman–Crippen LogP) is 2.06. The first-order valence-electron chi connectivity index (χ1n) is 6.35. The highest BCUT2D eigenvalue weighted by Gasteiger charge is 2.33. The summed E-state index contributed by atoms with van der Waals surface area (Å²) in [4.78, 5) is 13.3. The minimum Gasteiger partial charge on any atom is -0.480 e. The molecule has 0 saturated carbocycles. The Morgan fingerprint density at radius 2 is 2.05 bits per heavy atom. The molecule has 1 aromatic carbocycles. The van der Waals surface area contributed by atoms with E-state index in [1.54, 1.807) is 6.07 Å². The molecule has 0 radical (unpaired) electrons. The van der Waals surface area contributed by atoms with Crippen LogP contribution in [0.4, 0.5) is 4.39 Å². The highest BCUT2D eigenvalue weighted by atomic mass is 19.1. The van der Waals surface area contributed by atoms with Gasteiger partial charge in [-0.1, -0.05) is 12.1 Å². The summed E-state index contributed by atoms with van der Waals surface area (Å²) >= 11 is 0. The zero-order chi connectivity index (χ0) is 14.0. The van der Waals surface area contributed by atoms with Crippen molar-refractivity contribution in [2.45, 2.75) is 32.1 Å². The molecule has 1 fully saturated rings. The van der Waals surface area contributed by atoms with E-state index in [1.807, 2.05) is 18.7 Å². The van der Waals surface area contributed by atoms with Crippen molar-refractivity contribution in [2.75, 3.05) is 13.1 Å². The van der Waals surface area contributed by atoms with E-state index in [4.69, 9.17) is 4.74 Å². The molecule has 1 heterocycles. The van der Waals surface area contributed by atoms with Crippen LogP contribution in [0.5, 0.6) is 0 Å². The molecule has 3 unspecified atom stereocenters. The Morgan fingerprint density at radius 1 is 1.42 bits per heavy atom. The lowest BCUT2D eigenvalue weighted by Crippen LogP contribution is -2.48. The molecule has 0 amide bonds. The fourth-order valence-electron chi connectivity index (χ4n) is 2.61. The first-order valence-corrected chi connectivity index (χ1v) is 6.35. The largest absolute Gasteiger partial charge is 0.480 e. The minimum absolute atomic E-state index is 0.0286. The number of carbonyl (C=O) groups is 1. The third-order valence-corrected chi connectivity index (χ3v) is 3.21. The van der Waals surface area contributed by atoms with Crippen LogP contribution >= 0.6 is 0 Å². The lowest BCUT2D eigenvalue weighted by atomic mass is 10.0. The van der Waals surface area contributed by atoms with Crippen molar-refractivity contribution in [1.29, 1.82) is 0 Å². The molecule has 0 bridgehead atoms. The van der Waals surface area contributed by atoms with Gasteiger partial charge in [0, 0.05) is 13.1 Å². The van der Waals surface area contributed by atoms with Crippen LogP contribution in [-0.2, 0) is 9.53 Å². The summed E-state index contributed by atoms with van der Waals surface area (Å²) in [6.07, 6.45) is -0.0571. The van der Waals surface area contributed by atoms with Crippen LogP contribution in [-0.4, -0.2) is 41.3 Å². The third-order valence-electron chi connectivity index (χ3n) is 3.21. The number of benzene rings is 1. The molecular weight excluding hydrogens is 249 g/mol. The molecule has 1 aliphatic rings. The molecule has 1 aliphatic heterocycles. The maximum absolute atomic E-state index is 13.3. The van der Waals surface area contributed by atoms with Crippen molar-refractivity contribution < 1.29 is 19.0 Å². The van der Waals surface area contributed by atoms with Crippen molar-refractivity contribution in [3.05, 3.63) is 35.6 Å². The molecule has 3 atom stereocenters. The van der Waals surface area contributed by atoms with E-state index >= 15 is 0 Å². The summed E-state index contributed by atoms with van der Waals surface area (Å²) in [7, 11) is 0. The van der Waals surface area contributed by atoms with E-state index in [2.05, 4.69) is 0 Å². The SMILES string of the molecule is CC1CN(C(C(=O)O)c2cccc(F)c2)CC(C)O1. The van der Waals surface area contributed by atoms with Crippen LogP contribution < -0.4 is 0 Å². The van der Waals surface area contributed by atoms with Crippen LogP contribution in [0.2, 0.25) is 0 Å². The minimum atomic E-state index is -0.966. The number of carboxylic acids is 1. The van der Waals surface area contributed by atoms with Gasteiger partial charge in [-0.15, -0.1) is 0 Å². The molecule has 1 N–H and O–H groups in total. The highest BCUT2D eigenvalue weighted by molar-refractivity contribution is 5.75. The first-order chi connectivity index (χ1) is 8.97. The molecule has 0 aliphatic carbocycles. The third kappa shape index (κ3) is 3.30. The Balaban J connectivity index is 2.27. The average Bonchev–Trinajstić information content (AvgIpc) is 2.27. The number of nitrogens with zero attached hydrogens (tertiary/aromatic N) is 1. The van der Waals surface area contributed by atoms with Gasteiger partial charge >= 0.3 is 5.97 Å². The van der Waals surface area contributed by atoms with Crippen molar-refractivity contribution in [3.63, 3.8) is 0 Å². The Kier molecular flexibility index (Phi) is 4.17. The zero-order valence-electron chi connectivity index (χ0n) is 11.0. The topological polar surface area (TPSA) is 49.8 Å². The fraction of sp³-hybridized carbons (Fsp3) is 0.500. The van der Waals surface area contributed by atoms with Gasteiger partial charge in [0.25, 0.3) is 0 Å². The first kappa shape index (κ1) is 14.0. The standard InChI is InChI=1S/C14H18FNO3/c1-9-7-16(8-10(2)19-9)13(14(17)18)11-4-3-5-12(15)6-11/h3-6,9-10,13H,7-8H2,1-2H3,(H,17,18). The molecule has 1 aromatic rings. The second-order valence-electron chi connectivity index (χ2n) is 5.01. The van der Waals surface area contributed by atoms with Crippen LogP contribution in [0.25, 0.3) is 0 Å². The molecule has 0 aromatic heterocycles. The van der Waals surface area contributed by atoms with E-state index in [9.17, 15) is 14.3 Å². The van der Waals surface area contributed by atoms with Crippen molar-refractivity contribution in [1.82, 2.24) is 4.90 Å². The Labute approximate surface area is 111 Å². The molecule has 5 heteroatoms. The highest BCUT2D eigenvalue weighted by Crippen LogP contribution is 2.25. The Bertz CT molecular complexity index is 456. The summed E-state index contributed by atoms with van der Waals surface area (Å²) in [5.74, 6) is -1.38. The Hall–Kier alpha value is -1.46. The molecular formula is C14H18FNO3. The fourth-order valence-corrected chi connectivity index (χ4v) is 2.61. The smallest absolute Gasteiger partial charge is 0.325 e. The number of rotatable bonds is 3. The molecule has 104 valence electrons. The zero-order valence-corrected chi connectivity index (χ0v) is 11.0. The van der Waals surface area contributed by atoms with E-state index < -0.39 is 17.8 Å². The van der Waals surface area contributed by atoms with Crippen molar-refractivity contribution in [3.8, 4) is 0 Å². The van der Waals surface area contributed by atoms with E-state index in [0.717, 1.165) is 0 Å². The number of hydrogen-bond donors (Lipinski definition) is 1. The Morgan fingerprint density at radius 3 is 2.58 bits per heavy atom. The van der Waals surface area contributed by atoms with Gasteiger partial charge in [0.1, 0.15) is 11.9 Å². The summed E-state index contributed by atoms with van der Waals surface area (Å²) in [5.41, 5.74) is 0.466. The lowest BCUT2D eigenvalue weighted by molar-refractivity contribution is -0.149. The number of carboxylic acid groups (broad SMARTS) is 1. The van der Waals surface area contributed by atoms with Crippen LogP contribution in [0.15, 0.2) is 24.3 Å². The monoisotopic (exact) mass is 267 g/mol. The molecule has 4 nitrogen and oxygen atoms in total. The van der Waals surface area contributed by atoms with Gasteiger partial charge in [-0.3, -0.25) is 9.69 Å². The second-order valence-corrected chi connectivity index (χ2v) is 5.01. The average molecular weight is 267 g/mol. The summed E-state index contributed by atoms with van der Waals surface area (Å²) in [6, 6.07) is 4.95. The maximum Gasteiger partial charge on any atom is 0.325 e. The van der Waals surface area contributed by atoms with E-state index in [1.165, 1.54) is 18.2 Å². The van der Waals surface area contributed by atoms with Crippen molar-refractivity contribution >= 4 is 5.97 Å². The van der Waals surface area contributed by atoms with Gasteiger partial charge < -0.3 is 9.84 Å². The molecule has 19 heavy (non-hydrogen) atoms. The van der Waals surface area contributed by atoms with Gasteiger partial charge in [-0.05, 0) is 31.5 Å². The number of morpholine rings is 1. The van der Waals surface area contributed by atoms with Gasteiger partial charge in [0.2, 0.25) is 0 Å². The maximum atomic E-state index is 13.3. The quantitative estimate of drug-likeness (QED) is 0.910. The molecule has 0 spiro atoms. The normalized spacial score (nSPS) is 26.1. The second kappa shape index (κ2) is 5.67. The van der Waals surface area contributed by atoms with Crippen molar-refractivity contribution in [2.24, 2.45) is 0 Å². The van der Waals surface area contributed by atoms with Crippen LogP contribution in [0, 0.1) is 5.82 Å². The van der Waals surface area contributed by atoms with Gasteiger partial charge in [-0.25, -0.2) is 4.39 Å². The van der Waals surface area contributed by atoms with E-state index in [-0.39, 0.29) is 12.2 Å². The van der Waals surface area contributed by atoms with Crippen LogP contribution in [0.1, 0.15) is 25.5 Å². The molecule has 1 saturated heterocycles. The summed E-state index contributed by atoms with van der Waals surface area (Å²) < 4.78 is 18.9. The number of aliphatic carboxylic acids is 1. The van der Waals surface area contributed by atoms with Gasteiger partial charge in [0.05, 0.1) is 12.2 Å². The van der Waals surface area contributed by atoms with Gasteiger partial charge in [0.15, 0.2) is 0 Å². The van der Waals surface area contributed by atoms with Crippen LogP contribution in [0.3, 0.4) is 0 Å². The predicted molar refractivity (Wildman–Crippen MR) is 68.4 cm³/mol. The van der Waals surface area contributed by atoms with Gasteiger partial charge in [-0.2, -0.15) is 0 Å². The lowest BCUT2D eigenvalue weighted by Gasteiger charge is -2.38. The summed E-state index contributed by atoms with van der Waals surface area (Å²) in [6.45, 7) is 4.87. The number of ether oxygens (including phenoxy) is 1. The molecule has 2 rings (SSSR count). The van der Waals surface area contributed by atoms with E-state index in [0.29, 0.717) is 18.7 Å². The summed E-state index contributed by atoms with van der Waals surface area (Å²) in [5, 5.41) is 9.44.